The third-order valence-corrected chi connectivity index (χ3v) is 7.37. The van der Waals surface area contributed by atoms with E-state index in [1.807, 2.05) is 12.1 Å². The van der Waals surface area contributed by atoms with Gasteiger partial charge in [-0.25, -0.2) is 0 Å². The lowest BCUT2D eigenvalue weighted by molar-refractivity contribution is -0.0434. The molecule has 2 fully saturated rings. The Labute approximate surface area is 137 Å². The van der Waals surface area contributed by atoms with E-state index in [-0.39, 0.29) is 11.5 Å². The van der Waals surface area contributed by atoms with Gasteiger partial charge in [-0.15, -0.1) is 11.6 Å². The molecule has 0 amide bonds. The molecule has 0 spiro atoms. The molecule has 2 N–H and O–H groups in total. The molecule has 2 saturated carbocycles. The van der Waals surface area contributed by atoms with Crippen molar-refractivity contribution in [2.45, 2.75) is 51.0 Å². The number of hydrogen-bond donors (Lipinski definition) is 2. The van der Waals surface area contributed by atoms with Crippen molar-refractivity contribution in [3.63, 3.8) is 0 Å². The van der Waals surface area contributed by atoms with Gasteiger partial charge in [0.05, 0.1) is 6.10 Å². The maximum Gasteiger partial charge on any atom is 0.115 e. The number of alkyl halides is 1. The minimum atomic E-state index is -0.162. The number of aromatic hydroxyl groups is 1. The zero-order chi connectivity index (χ0) is 15.5. The average molecular weight is 321 g/mol. The van der Waals surface area contributed by atoms with Gasteiger partial charge in [0.25, 0.3) is 0 Å². The number of aryl methyl sites for hydroxylation is 1. The molecule has 1 aromatic carbocycles. The zero-order valence-corrected chi connectivity index (χ0v) is 13.9. The number of benzene rings is 1. The van der Waals surface area contributed by atoms with Crippen LogP contribution in [0.15, 0.2) is 18.2 Å². The summed E-state index contributed by atoms with van der Waals surface area (Å²) >= 11 is 6.37. The monoisotopic (exact) mass is 320 g/mol. The third kappa shape index (κ3) is 1.96. The molecule has 22 heavy (non-hydrogen) atoms. The lowest BCUT2D eigenvalue weighted by Crippen LogP contribution is -2.48. The fraction of sp³-hybridized carbons (Fsp3) is 0.684. The van der Waals surface area contributed by atoms with Crippen LogP contribution in [0.25, 0.3) is 0 Å². The smallest absolute Gasteiger partial charge is 0.115 e. The van der Waals surface area contributed by atoms with E-state index in [0.29, 0.717) is 35.3 Å². The van der Waals surface area contributed by atoms with E-state index in [0.717, 1.165) is 25.7 Å². The van der Waals surface area contributed by atoms with Crippen LogP contribution in [0, 0.1) is 23.2 Å². The highest BCUT2D eigenvalue weighted by atomic mass is 35.5. The summed E-state index contributed by atoms with van der Waals surface area (Å²) in [7, 11) is 0. The van der Waals surface area contributed by atoms with Crippen molar-refractivity contribution >= 4 is 11.6 Å². The molecule has 1 unspecified atom stereocenters. The highest BCUT2D eigenvalue weighted by molar-refractivity contribution is 6.18. The molecule has 3 heteroatoms. The molecule has 2 nitrogen and oxygen atoms in total. The predicted molar refractivity (Wildman–Crippen MR) is 88.3 cm³/mol. The number of phenolic OH excluding ortho intramolecular Hbond substituents is 1. The summed E-state index contributed by atoms with van der Waals surface area (Å²) in [6.45, 7) is 2.29. The second-order valence-corrected chi connectivity index (χ2v) is 8.24. The highest BCUT2D eigenvalue weighted by Gasteiger charge is 2.57. The minimum Gasteiger partial charge on any atom is -0.508 e. The lowest BCUT2D eigenvalue weighted by atomic mass is 9.52. The minimum absolute atomic E-state index is 0.0507. The Bertz CT molecular complexity index is 587. The number of hydrogen-bond acceptors (Lipinski definition) is 2. The van der Waals surface area contributed by atoms with Crippen molar-refractivity contribution in [3.8, 4) is 5.75 Å². The number of aliphatic hydroxyl groups is 1. The van der Waals surface area contributed by atoms with Gasteiger partial charge in [0.1, 0.15) is 5.75 Å². The molecular formula is C19H25ClO2. The van der Waals surface area contributed by atoms with Gasteiger partial charge in [-0.05, 0) is 84.5 Å². The van der Waals surface area contributed by atoms with Crippen molar-refractivity contribution in [1.82, 2.24) is 0 Å². The molecule has 0 saturated heterocycles. The van der Waals surface area contributed by atoms with E-state index < -0.39 is 0 Å². The number of aliphatic hydroxyl groups excluding tert-OH is 1. The van der Waals surface area contributed by atoms with Gasteiger partial charge in [-0.1, -0.05) is 13.0 Å². The molecule has 0 radical (unpaired) electrons. The number of rotatable bonds is 1. The van der Waals surface area contributed by atoms with Crippen LogP contribution in [-0.4, -0.2) is 22.2 Å². The first-order chi connectivity index (χ1) is 10.5. The largest absolute Gasteiger partial charge is 0.508 e. The van der Waals surface area contributed by atoms with E-state index in [1.54, 1.807) is 0 Å². The molecule has 4 rings (SSSR count). The van der Waals surface area contributed by atoms with Crippen LogP contribution in [0.1, 0.15) is 49.7 Å². The van der Waals surface area contributed by atoms with Crippen LogP contribution in [0.2, 0.25) is 0 Å². The van der Waals surface area contributed by atoms with Gasteiger partial charge in [0, 0.05) is 5.88 Å². The van der Waals surface area contributed by atoms with Crippen molar-refractivity contribution in [2.24, 2.45) is 23.2 Å². The summed E-state index contributed by atoms with van der Waals surface area (Å²) in [6, 6.07) is 5.88. The van der Waals surface area contributed by atoms with E-state index >= 15 is 0 Å². The molecule has 6 atom stereocenters. The summed E-state index contributed by atoms with van der Waals surface area (Å²) < 4.78 is 0. The fourth-order valence-electron chi connectivity index (χ4n) is 6.00. The predicted octanol–water partition coefficient (Wildman–Crippen LogP) is 4.07. The highest BCUT2D eigenvalue weighted by Crippen LogP contribution is 2.62. The number of halogens is 1. The van der Waals surface area contributed by atoms with E-state index in [9.17, 15) is 10.2 Å². The average Bonchev–Trinajstić information content (AvgIpc) is 2.81. The second kappa shape index (κ2) is 5.14. The van der Waals surface area contributed by atoms with Gasteiger partial charge < -0.3 is 10.2 Å². The Balaban J connectivity index is 1.78. The van der Waals surface area contributed by atoms with Crippen LogP contribution in [0.3, 0.4) is 0 Å². The van der Waals surface area contributed by atoms with Gasteiger partial charge in [-0.3, -0.25) is 0 Å². The van der Waals surface area contributed by atoms with Gasteiger partial charge >= 0.3 is 0 Å². The van der Waals surface area contributed by atoms with E-state index in [2.05, 4.69) is 13.0 Å². The third-order valence-electron chi connectivity index (χ3n) is 6.98. The topological polar surface area (TPSA) is 40.5 Å². The van der Waals surface area contributed by atoms with Gasteiger partial charge in [0.15, 0.2) is 0 Å². The summed E-state index contributed by atoms with van der Waals surface area (Å²) in [5.74, 6) is 3.23. The molecule has 0 aromatic heterocycles. The number of fused-ring (bicyclic) bond motifs is 5. The summed E-state index contributed by atoms with van der Waals surface area (Å²) in [4.78, 5) is 0. The maximum atomic E-state index is 10.5. The van der Waals surface area contributed by atoms with E-state index in [1.165, 1.54) is 17.5 Å². The van der Waals surface area contributed by atoms with Gasteiger partial charge in [0.2, 0.25) is 0 Å². The first-order valence-corrected chi connectivity index (χ1v) is 9.14. The van der Waals surface area contributed by atoms with Crippen LogP contribution < -0.4 is 0 Å². The standard InChI is InChI=1S/C19H25ClO2/c1-19-9-12(10-20)18-14-5-3-13(21)8-11(14)2-4-15(18)16(19)6-7-17(19)22/h3,5,8,12,15-18,21-22H,2,4,6-7,9-10H2,1H3/t12?,15-,16-,17-,18+,19-/m0/s1. The fourth-order valence-corrected chi connectivity index (χ4v) is 6.30. The zero-order valence-electron chi connectivity index (χ0n) is 13.1. The van der Waals surface area contributed by atoms with E-state index in [4.69, 9.17) is 11.6 Å². The molecular weight excluding hydrogens is 296 g/mol. The van der Waals surface area contributed by atoms with Crippen LogP contribution in [0.4, 0.5) is 0 Å². The Morgan fingerprint density at radius 2 is 2.09 bits per heavy atom. The normalized spacial score (nSPS) is 43.3. The summed E-state index contributed by atoms with van der Waals surface area (Å²) in [5.41, 5.74) is 2.76. The first-order valence-electron chi connectivity index (χ1n) is 8.60. The van der Waals surface area contributed by atoms with Crippen molar-refractivity contribution < 1.29 is 10.2 Å². The quantitative estimate of drug-likeness (QED) is 0.766. The summed E-state index contributed by atoms with van der Waals surface area (Å²) in [5, 5.41) is 20.3. The molecule has 0 heterocycles. The SMILES string of the molecule is C[C@]12CC(CCl)[C@@H]3c4ccc(O)cc4CC[C@H]3[C@@H]1CC[C@@H]2O. The van der Waals surface area contributed by atoms with Crippen molar-refractivity contribution in [1.29, 1.82) is 0 Å². The van der Waals surface area contributed by atoms with Crippen LogP contribution >= 0.6 is 11.6 Å². The number of phenols is 1. The molecule has 1 aromatic rings. The van der Waals surface area contributed by atoms with Gasteiger partial charge in [-0.2, -0.15) is 0 Å². The lowest BCUT2D eigenvalue weighted by Gasteiger charge is -2.53. The molecule has 0 bridgehead atoms. The molecule has 120 valence electrons. The van der Waals surface area contributed by atoms with Crippen molar-refractivity contribution in [2.75, 3.05) is 5.88 Å². The van der Waals surface area contributed by atoms with Crippen LogP contribution in [-0.2, 0) is 6.42 Å². The summed E-state index contributed by atoms with van der Waals surface area (Å²) in [6.07, 6.45) is 5.18. The first kappa shape index (κ1) is 14.8. The molecule has 0 aliphatic heterocycles. The Kier molecular flexibility index (Phi) is 3.47. The Morgan fingerprint density at radius 1 is 1.27 bits per heavy atom. The Morgan fingerprint density at radius 3 is 2.86 bits per heavy atom. The van der Waals surface area contributed by atoms with Crippen LogP contribution in [0.5, 0.6) is 5.75 Å². The maximum absolute atomic E-state index is 10.5. The Hall–Kier alpha value is -0.730. The molecule has 3 aliphatic carbocycles. The van der Waals surface area contributed by atoms with Crippen molar-refractivity contribution in [3.05, 3.63) is 29.3 Å². The second-order valence-electron chi connectivity index (χ2n) is 7.94. The molecule has 3 aliphatic rings.